The van der Waals surface area contributed by atoms with Gasteiger partial charge in [0.05, 0.1) is 10.9 Å². The second kappa shape index (κ2) is 6.24. The van der Waals surface area contributed by atoms with E-state index in [9.17, 15) is 9.50 Å². The molecule has 0 aliphatic carbocycles. The molecule has 1 atom stereocenters. The molecule has 0 bridgehead atoms. The Balaban J connectivity index is 2.17. The molecule has 0 N–H and O–H groups in total. The van der Waals surface area contributed by atoms with E-state index in [1.54, 1.807) is 6.07 Å². The highest BCUT2D eigenvalue weighted by Gasteiger charge is 2.29. The summed E-state index contributed by atoms with van der Waals surface area (Å²) < 4.78 is 13.3. The predicted octanol–water partition coefficient (Wildman–Crippen LogP) is 4.30. The normalized spacial score (nSPS) is 12.1. The summed E-state index contributed by atoms with van der Waals surface area (Å²) in [5.74, 6) is -0.748. The largest absolute Gasteiger partial charge is 0.869 e. The summed E-state index contributed by atoms with van der Waals surface area (Å²) in [5, 5.41) is 12.3. The van der Waals surface area contributed by atoms with E-state index in [1.807, 2.05) is 61.5 Å². The van der Waals surface area contributed by atoms with Gasteiger partial charge in [-0.3, -0.25) is 0 Å². The van der Waals surface area contributed by atoms with Crippen LogP contribution < -0.4 is 5.11 Å². The molecule has 0 fully saturated rings. The van der Waals surface area contributed by atoms with Crippen LogP contribution in [0.1, 0.15) is 5.56 Å². The van der Waals surface area contributed by atoms with Crippen LogP contribution in [0.25, 0.3) is 0 Å². The van der Waals surface area contributed by atoms with Gasteiger partial charge in [0.25, 0.3) is 0 Å². The van der Waals surface area contributed by atoms with Crippen LogP contribution in [-0.4, -0.2) is 0 Å². The molecule has 0 aliphatic heterocycles. The first kappa shape index (κ1) is 14.7. The van der Waals surface area contributed by atoms with Crippen LogP contribution in [0.5, 0.6) is 5.75 Å². The van der Waals surface area contributed by atoms with Crippen molar-refractivity contribution in [2.45, 2.75) is 21.6 Å². The lowest BCUT2D eigenvalue weighted by atomic mass is 10.2. The van der Waals surface area contributed by atoms with E-state index in [2.05, 4.69) is 0 Å². The van der Waals surface area contributed by atoms with Gasteiger partial charge in [0, 0.05) is 0 Å². The first-order valence-electron chi connectivity index (χ1n) is 6.98. The third-order valence-electron chi connectivity index (χ3n) is 3.36. The van der Waals surface area contributed by atoms with Crippen LogP contribution in [0.15, 0.2) is 87.5 Å². The molecule has 3 rings (SSSR count). The first-order valence-corrected chi connectivity index (χ1v) is 8.20. The van der Waals surface area contributed by atoms with E-state index in [0.717, 1.165) is 15.9 Å². The maximum absolute atomic E-state index is 13.3. The molecule has 0 saturated carbocycles. The van der Waals surface area contributed by atoms with Crippen LogP contribution in [0, 0.1) is 12.7 Å². The van der Waals surface area contributed by atoms with Crippen molar-refractivity contribution in [3.8, 4) is 5.75 Å². The summed E-state index contributed by atoms with van der Waals surface area (Å²) in [6.07, 6.45) is 0. The van der Waals surface area contributed by atoms with Gasteiger partial charge in [-0.15, -0.1) is 0 Å². The van der Waals surface area contributed by atoms with Gasteiger partial charge in [-0.2, -0.15) is 0 Å². The summed E-state index contributed by atoms with van der Waals surface area (Å²) in [4.78, 5) is 2.73. The van der Waals surface area contributed by atoms with Crippen LogP contribution in [0.2, 0.25) is 0 Å². The Morgan fingerprint density at radius 1 is 0.818 bits per heavy atom. The minimum Gasteiger partial charge on any atom is -0.869 e. The number of hydrogen-bond donors (Lipinski definition) is 0. The maximum Gasteiger partial charge on any atom is 0.166 e. The summed E-state index contributed by atoms with van der Waals surface area (Å²) in [7, 11) is -0.522. The van der Waals surface area contributed by atoms with Crippen LogP contribution >= 0.6 is 0 Å². The molecule has 3 aromatic carbocycles. The molecule has 1 unspecified atom stereocenters. The Morgan fingerprint density at radius 3 is 2.09 bits per heavy atom. The van der Waals surface area contributed by atoms with Crippen molar-refractivity contribution in [1.29, 1.82) is 0 Å². The number of rotatable bonds is 3. The van der Waals surface area contributed by atoms with E-state index < -0.39 is 16.7 Å². The Bertz CT molecular complexity index is 769. The third-order valence-corrected chi connectivity index (χ3v) is 5.63. The Labute approximate surface area is 132 Å². The molecule has 3 heteroatoms. The van der Waals surface area contributed by atoms with Crippen molar-refractivity contribution in [3.05, 3.63) is 84.2 Å². The quantitative estimate of drug-likeness (QED) is 0.661. The Hall–Kier alpha value is -2.26. The average Bonchev–Trinajstić information content (AvgIpc) is 2.52. The average molecular weight is 310 g/mol. The van der Waals surface area contributed by atoms with Gasteiger partial charge < -0.3 is 5.11 Å². The molecule has 22 heavy (non-hydrogen) atoms. The second-order valence-electron chi connectivity index (χ2n) is 5.02. The lowest BCUT2D eigenvalue weighted by Gasteiger charge is -2.14. The van der Waals surface area contributed by atoms with Gasteiger partial charge in [-0.1, -0.05) is 35.9 Å². The molecule has 0 heterocycles. The molecule has 3 aromatic rings. The fraction of sp³-hybridized carbons (Fsp3) is 0.0526. The predicted molar refractivity (Wildman–Crippen MR) is 85.6 cm³/mol. The van der Waals surface area contributed by atoms with Crippen molar-refractivity contribution >= 4 is 10.9 Å². The topological polar surface area (TPSA) is 23.1 Å². The number of benzene rings is 3. The molecule has 0 radical (unpaired) electrons. The van der Waals surface area contributed by atoms with E-state index in [-0.39, 0.29) is 5.75 Å². The highest BCUT2D eigenvalue weighted by Crippen LogP contribution is 2.35. The molecular formula is C19H15FOS. The lowest BCUT2D eigenvalue weighted by Crippen LogP contribution is -2.08. The number of aryl methyl sites for hydroxylation is 1. The van der Waals surface area contributed by atoms with Crippen molar-refractivity contribution in [1.82, 2.24) is 0 Å². The molecule has 110 valence electrons. The molecule has 0 aromatic heterocycles. The highest BCUT2D eigenvalue weighted by molar-refractivity contribution is 7.97. The van der Waals surface area contributed by atoms with Gasteiger partial charge in [-0.05, 0) is 55.1 Å². The Morgan fingerprint density at radius 2 is 1.45 bits per heavy atom. The van der Waals surface area contributed by atoms with Crippen LogP contribution in [0.4, 0.5) is 4.39 Å². The molecule has 0 spiro atoms. The van der Waals surface area contributed by atoms with Crippen LogP contribution in [0.3, 0.4) is 0 Å². The van der Waals surface area contributed by atoms with E-state index in [4.69, 9.17) is 0 Å². The summed E-state index contributed by atoms with van der Waals surface area (Å²) in [6, 6.07) is 22.0. The minimum absolute atomic E-state index is 0.257. The summed E-state index contributed by atoms with van der Waals surface area (Å²) in [6.45, 7) is 2.03. The van der Waals surface area contributed by atoms with Crippen molar-refractivity contribution in [2.75, 3.05) is 0 Å². The monoisotopic (exact) mass is 310 g/mol. The molecular weight excluding hydrogens is 295 g/mol. The second-order valence-corrected chi connectivity index (χ2v) is 7.02. The zero-order valence-corrected chi connectivity index (χ0v) is 12.9. The van der Waals surface area contributed by atoms with Crippen LogP contribution in [-0.2, 0) is 10.9 Å². The molecule has 0 amide bonds. The zero-order valence-electron chi connectivity index (χ0n) is 12.1. The van der Waals surface area contributed by atoms with Gasteiger partial charge in [0.15, 0.2) is 14.7 Å². The van der Waals surface area contributed by atoms with E-state index in [0.29, 0.717) is 4.90 Å². The molecule has 1 nitrogen and oxygen atoms in total. The number of hydrogen-bond acceptors (Lipinski definition) is 1. The lowest BCUT2D eigenvalue weighted by molar-refractivity contribution is -0.272. The van der Waals surface area contributed by atoms with Crippen molar-refractivity contribution in [2.24, 2.45) is 0 Å². The highest BCUT2D eigenvalue weighted by atomic mass is 32.2. The molecule has 0 aliphatic rings. The fourth-order valence-electron chi connectivity index (χ4n) is 2.27. The van der Waals surface area contributed by atoms with Gasteiger partial charge in [0.1, 0.15) is 5.82 Å². The van der Waals surface area contributed by atoms with E-state index in [1.165, 1.54) is 11.6 Å². The summed E-state index contributed by atoms with van der Waals surface area (Å²) >= 11 is 0. The minimum atomic E-state index is -0.522. The third kappa shape index (κ3) is 3.00. The van der Waals surface area contributed by atoms with E-state index >= 15 is 0 Å². The van der Waals surface area contributed by atoms with Gasteiger partial charge in [0.2, 0.25) is 0 Å². The zero-order chi connectivity index (χ0) is 15.5. The summed E-state index contributed by atoms with van der Waals surface area (Å²) in [5.41, 5.74) is 1.17. The Kier molecular flexibility index (Phi) is 4.16. The van der Waals surface area contributed by atoms with Crippen molar-refractivity contribution in [3.63, 3.8) is 0 Å². The maximum atomic E-state index is 13.3. The molecule has 0 saturated heterocycles. The van der Waals surface area contributed by atoms with Crippen molar-refractivity contribution < 1.29 is 9.50 Å². The smallest absolute Gasteiger partial charge is 0.166 e. The SMILES string of the molecule is Cc1ccc([S+](c2ccccc2)c2ccc(F)cc2[O-])cc1. The first-order chi connectivity index (χ1) is 10.6. The standard InChI is InChI=1S/C19H15FOS/c1-14-7-10-17(11-8-14)22(16-5-3-2-4-6-16)19-12-9-15(20)13-18(19)21/h2-13H,1H3. The van der Waals surface area contributed by atoms with Gasteiger partial charge >= 0.3 is 0 Å². The number of halogens is 1. The van der Waals surface area contributed by atoms with Gasteiger partial charge in [-0.25, -0.2) is 4.39 Å². The fourth-order valence-corrected chi connectivity index (χ4v) is 4.35.